The number of carbonyl (C=O) groups is 3. The van der Waals surface area contributed by atoms with Gasteiger partial charge in [0.15, 0.2) is 0 Å². The number of rotatable bonds is 7. The van der Waals surface area contributed by atoms with Crippen molar-refractivity contribution in [3.63, 3.8) is 0 Å². The van der Waals surface area contributed by atoms with Crippen molar-refractivity contribution in [3.8, 4) is 6.01 Å². The van der Waals surface area contributed by atoms with E-state index in [4.69, 9.17) is 10.3 Å². The van der Waals surface area contributed by atoms with Gasteiger partial charge in [-0.25, -0.2) is 8.42 Å². The molecule has 2 aliphatic heterocycles. The fourth-order valence-electron chi connectivity index (χ4n) is 6.94. The number of allylic oxidation sites excluding steroid dienone is 1. The summed E-state index contributed by atoms with van der Waals surface area (Å²) < 4.78 is 35.7. The van der Waals surface area contributed by atoms with E-state index in [0.717, 1.165) is 31.2 Å². The van der Waals surface area contributed by atoms with Crippen LogP contribution in [0.15, 0.2) is 35.5 Å². The molecule has 48 heavy (non-hydrogen) atoms. The lowest BCUT2D eigenvalue weighted by Gasteiger charge is -2.28. The number of nitrogens with one attached hydrogen (secondary N) is 2. The Morgan fingerprint density at radius 2 is 2.00 bits per heavy atom. The minimum absolute atomic E-state index is 0.0736. The molecule has 2 saturated carbocycles. The number of imidazole rings is 1. The zero-order valence-corrected chi connectivity index (χ0v) is 28.7. The minimum atomic E-state index is -3.93. The molecule has 258 valence electrons. The second-order valence-electron chi connectivity index (χ2n) is 14.3. The zero-order valence-electron chi connectivity index (χ0n) is 27.9. The summed E-state index contributed by atoms with van der Waals surface area (Å²) >= 11 is 0. The predicted octanol–water partition coefficient (Wildman–Crippen LogP) is 4.94. The monoisotopic (exact) mass is 680 g/mol. The third-order valence-corrected chi connectivity index (χ3v) is 12.5. The standard InChI is InChI=1S/C33H44N8O6S/c1-20(2)41-25-14-10-13-24(37-39-34)27(25)35-31(41)47-23-17-26-28(42)36-33(30(44)38-48(45,46)32(4)15-16-32)18-22(33)12-9-7-5-6-8-11-21(3)29(43)40(26)19-23/h9-10,12-14,20-23,26H,5-8,11,15-19H2,1-4H3,(H,36,42)(H,38,44)/b12-9-/t21-,22-,23+,26-,33+/m0/s1. The Morgan fingerprint density at radius 1 is 1.23 bits per heavy atom. The molecule has 1 aromatic carbocycles. The minimum Gasteiger partial charge on any atom is -0.459 e. The molecule has 0 radical (unpaired) electrons. The van der Waals surface area contributed by atoms with Crippen molar-refractivity contribution in [2.24, 2.45) is 17.0 Å². The lowest BCUT2D eigenvalue weighted by atomic mass is 10.0. The molecule has 2 aromatic rings. The molecule has 5 atom stereocenters. The number of carbonyl (C=O) groups excluding carboxylic acids is 3. The Balaban J connectivity index is 1.30. The molecule has 1 saturated heterocycles. The Labute approximate surface area is 280 Å². The maximum Gasteiger partial charge on any atom is 0.297 e. The maximum atomic E-state index is 14.2. The first kappa shape index (κ1) is 33.8. The number of sulfonamides is 1. The van der Waals surface area contributed by atoms with Crippen molar-refractivity contribution in [2.45, 2.75) is 114 Å². The summed E-state index contributed by atoms with van der Waals surface area (Å²) in [6.45, 7) is 7.55. The van der Waals surface area contributed by atoms with Crippen molar-refractivity contribution in [2.75, 3.05) is 6.54 Å². The molecule has 2 aliphatic carbocycles. The molecule has 3 heterocycles. The topological polar surface area (TPSA) is 188 Å². The van der Waals surface area contributed by atoms with Gasteiger partial charge in [-0.1, -0.05) is 49.2 Å². The van der Waals surface area contributed by atoms with Gasteiger partial charge in [0.1, 0.15) is 23.2 Å². The van der Waals surface area contributed by atoms with Crippen molar-refractivity contribution in [3.05, 3.63) is 40.8 Å². The molecule has 1 aromatic heterocycles. The van der Waals surface area contributed by atoms with Gasteiger partial charge in [-0.2, -0.15) is 4.98 Å². The Kier molecular flexibility index (Phi) is 8.97. The number of hydrogen-bond acceptors (Lipinski definition) is 8. The van der Waals surface area contributed by atoms with Crippen LogP contribution in [0, 0.1) is 11.8 Å². The molecule has 0 spiro atoms. The van der Waals surface area contributed by atoms with Gasteiger partial charge in [0, 0.05) is 29.2 Å². The second kappa shape index (κ2) is 12.7. The first-order valence-corrected chi connectivity index (χ1v) is 18.4. The van der Waals surface area contributed by atoms with Crippen LogP contribution in [0.5, 0.6) is 6.01 Å². The first-order chi connectivity index (χ1) is 22.8. The maximum absolute atomic E-state index is 14.2. The number of benzene rings is 1. The SMILES string of the molecule is CC(C)n1c(O[C@@H]2C[C@H]3C(=O)N[C@]4(C(=O)NS(=O)(=O)C5(C)CC5)C[C@@H]4/C=C\CCCCC[C@H](C)C(=O)N3C2)nc2c(N=[N+]=[N-])cccc21. The van der Waals surface area contributed by atoms with E-state index in [1.165, 1.54) is 0 Å². The fourth-order valence-corrected chi connectivity index (χ4v) is 8.25. The summed E-state index contributed by atoms with van der Waals surface area (Å²) in [6, 6.07) is 4.56. The highest BCUT2D eigenvalue weighted by molar-refractivity contribution is 7.91. The van der Waals surface area contributed by atoms with Gasteiger partial charge in [-0.05, 0) is 70.9 Å². The zero-order chi connectivity index (χ0) is 34.4. The van der Waals surface area contributed by atoms with Crippen LogP contribution >= 0.6 is 0 Å². The van der Waals surface area contributed by atoms with Gasteiger partial charge in [-0.3, -0.25) is 23.7 Å². The lowest BCUT2D eigenvalue weighted by molar-refractivity contribution is -0.142. The molecule has 2 N–H and O–H groups in total. The summed E-state index contributed by atoms with van der Waals surface area (Å²) in [5.74, 6) is -2.15. The third kappa shape index (κ3) is 6.25. The molecular formula is C33H44N8O6S. The lowest BCUT2D eigenvalue weighted by Crippen LogP contribution is -2.57. The average Bonchev–Trinajstić information content (AvgIpc) is 3.85. The number of para-hydroxylation sites is 1. The fraction of sp³-hybridized carbons (Fsp3) is 0.636. The summed E-state index contributed by atoms with van der Waals surface area (Å²) in [7, 11) is -3.93. The van der Waals surface area contributed by atoms with Crippen LogP contribution < -0.4 is 14.8 Å². The molecule has 3 fully saturated rings. The van der Waals surface area contributed by atoms with Gasteiger partial charge in [0.25, 0.3) is 11.9 Å². The van der Waals surface area contributed by atoms with Crippen LogP contribution in [0.3, 0.4) is 0 Å². The van der Waals surface area contributed by atoms with Gasteiger partial charge >= 0.3 is 0 Å². The molecule has 15 heteroatoms. The van der Waals surface area contributed by atoms with E-state index in [1.807, 2.05) is 43.6 Å². The molecule has 4 aliphatic rings. The summed E-state index contributed by atoms with van der Waals surface area (Å²) in [5.41, 5.74) is 9.19. The number of azide groups is 1. The van der Waals surface area contributed by atoms with Crippen molar-refractivity contribution in [1.29, 1.82) is 0 Å². The summed E-state index contributed by atoms with van der Waals surface area (Å²) in [4.78, 5) is 50.9. The van der Waals surface area contributed by atoms with Crippen LogP contribution in [0.1, 0.15) is 91.5 Å². The van der Waals surface area contributed by atoms with E-state index in [-0.39, 0.29) is 49.2 Å². The van der Waals surface area contributed by atoms with E-state index in [9.17, 15) is 22.8 Å². The number of fused-ring (bicyclic) bond motifs is 3. The Bertz CT molecular complexity index is 1810. The summed E-state index contributed by atoms with van der Waals surface area (Å²) in [5, 5.41) is 6.69. The normalized spacial score (nSPS) is 29.5. The summed E-state index contributed by atoms with van der Waals surface area (Å²) in [6.07, 6.45) is 8.81. The highest BCUT2D eigenvalue weighted by Crippen LogP contribution is 2.47. The number of aromatic nitrogens is 2. The van der Waals surface area contributed by atoms with Crippen molar-refractivity contribution < 1.29 is 27.5 Å². The average molecular weight is 681 g/mol. The van der Waals surface area contributed by atoms with Gasteiger partial charge in [0.05, 0.1) is 22.5 Å². The molecule has 0 bridgehead atoms. The third-order valence-electron chi connectivity index (χ3n) is 10.3. The van der Waals surface area contributed by atoms with E-state index < -0.39 is 44.3 Å². The molecular weight excluding hydrogens is 636 g/mol. The Hall–Kier alpha value is -4.10. The number of ether oxygens (including phenoxy) is 1. The number of hydrogen-bond donors (Lipinski definition) is 2. The molecule has 14 nitrogen and oxygen atoms in total. The van der Waals surface area contributed by atoms with Crippen LogP contribution in [-0.2, 0) is 24.4 Å². The quantitative estimate of drug-likeness (QED) is 0.179. The number of nitrogens with zero attached hydrogens (tertiary/aromatic N) is 6. The van der Waals surface area contributed by atoms with Crippen LogP contribution in [0.4, 0.5) is 5.69 Å². The van der Waals surface area contributed by atoms with Crippen molar-refractivity contribution in [1.82, 2.24) is 24.5 Å². The van der Waals surface area contributed by atoms with Crippen LogP contribution in [-0.4, -0.2) is 69.6 Å². The van der Waals surface area contributed by atoms with Gasteiger partial charge in [-0.15, -0.1) is 0 Å². The van der Waals surface area contributed by atoms with Crippen LogP contribution in [0.2, 0.25) is 0 Å². The highest BCUT2D eigenvalue weighted by Gasteiger charge is 2.63. The largest absolute Gasteiger partial charge is 0.459 e. The highest BCUT2D eigenvalue weighted by atomic mass is 32.2. The second-order valence-corrected chi connectivity index (χ2v) is 16.5. The molecule has 6 rings (SSSR count). The van der Waals surface area contributed by atoms with E-state index >= 15 is 0 Å². The van der Waals surface area contributed by atoms with Crippen LogP contribution in [0.25, 0.3) is 21.5 Å². The van der Waals surface area contributed by atoms with E-state index in [2.05, 4.69) is 25.0 Å². The number of amides is 3. The smallest absolute Gasteiger partial charge is 0.297 e. The Morgan fingerprint density at radius 3 is 2.71 bits per heavy atom. The van der Waals surface area contributed by atoms with Crippen molar-refractivity contribution >= 4 is 44.5 Å². The van der Waals surface area contributed by atoms with E-state index in [1.54, 1.807) is 24.0 Å². The van der Waals surface area contributed by atoms with Gasteiger partial charge < -0.3 is 15.0 Å². The van der Waals surface area contributed by atoms with E-state index in [0.29, 0.717) is 30.5 Å². The van der Waals surface area contributed by atoms with Gasteiger partial charge in [0.2, 0.25) is 21.8 Å². The first-order valence-electron chi connectivity index (χ1n) is 16.9. The molecule has 3 amide bonds. The predicted molar refractivity (Wildman–Crippen MR) is 179 cm³/mol. The molecule has 0 unspecified atom stereocenters.